The number of nitrogens with two attached hydrogens (primary N) is 1. The van der Waals surface area contributed by atoms with Crippen molar-refractivity contribution < 1.29 is 4.39 Å². The van der Waals surface area contributed by atoms with Gasteiger partial charge in [0, 0.05) is 10.9 Å². The van der Waals surface area contributed by atoms with Gasteiger partial charge in [-0.05, 0) is 33.6 Å². The standard InChI is InChI=1S/C10H7BrFNS/c11-10-9(13)8(5-14-10)6-1-3-7(12)4-2-6/h1-5H,13H2. The average Bonchev–Trinajstić information content (AvgIpc) is 2.50. The molecule has 2 rings (SSSR count). The van der Waals surface area contributed by atoms with Gasteiger partial charge < -0.3 is 5.73 Å². The van der Waals surface area contributed by atoms with Gasteiger partial charge in [-0.25, -0.2) is 4.39 Å². The lowest BCUT2D eigenvalue weighted by Crippen LogP contribution is -1.85. The van der Waals surface area contributed by atoms with Gasteiger partial charge in [0.1, 0.15) is 5.82 Å². The van der Waals surface area contributed by atoms with E-state index in [0.29, 0.717) is 5.69 Å². The van der Waals surface area contributed by atoms with Crippen LogP contribution in [0.2, 0.25) is 0 Å². The number of thiophene rings is 1. The summed E-state index contributed by atoms with van der Waals surface area (Å²) in [5.41, 5.74) is 8.43. The van der Waals surface area contributed by atoms with Crippen molar-refractivity contribution in [2.45, 2.75) is 0 Å². The highest BCUT2D eigenvalue weighted by molar-refractivity contribution is 9.11. The fourth-order valence-electron chi connectivity index (χ4n) is 1.20. The Morgan fingerprint density at radius 1 is 1.21 bits per heavy atom. The quantitative estimate of drug-likeness (QED) is 0.837. The summed E-state index contributed by atoms with van der Waals surface area (Å²) in [5.74, 6) is -0.235. The van der Waals surface area contributed by atoms with Gasteiger partial charge in [0.25, 0.3) is 0 Å². The second-order valence-electron chi connectivity index (χ2n) is 2.84. The summed E-state index contributed by atoms with van der Waals surface area (Å²) in [7, 11) is 0. The Labute approximate surface area is 93.5 Å². The van der Waals surface area contributed by atoms with E-state index in [1.54, 1.807) is 12.1 Å². The highest BCUT2D eigenvalue weighted by atomic mass is 79.9. The summed E-state index contributed by atoms with van der Waals surface area (Å²) < 4.78 is 13.6. The van der Waals surface area contributed by atoms with E-state index in [0.717, 1.165) is 14.9 Å². The van der Waals surface area contributed by atoms with Gasteiger partial charge in [-0.15, -0.1) is 11.3 Å². The van der Waals surface area contributed by atoms with Crippen LogP contribution in [0.15, 0.2) is 33.4 Å². The fraction of sp³-hybridized carbons (Fsp3) is 0. The Morgan fingerprint density at radius 2 is 1.86 bits per heavy atom. The molecule has 0 bridgehead atoms. The number of nitrogen functional groups attached to an aromatic ring is 1. The highest BCUT2D eigenvalue weighted by Gasteiger charge is 2.07. The van der Waals surface area contributed by atoms with E-state index < -0.39 is 0 Å². The van der Waals surface area contributed by atoms with Crippen molar-refractivity contribution in [2.75, 3.05) is 5.73 Å². The van der Waals surface area contributed by atoms with Gasteiger partial charge in [-0.3, -0.25) is 0 Å². The van der Waals surface area contributed by atoms with Crippen LogP contribution in [0.4, 0.5) is 10.1 Å². The first kappa shape index (κ1) is 9.68. The van der Waals surface area contributed by atoms with Crippen molar-refractivity contribution in [3.63, 3.8) is 0 Å². The summed E-state index contributed by atoms with van der Waals surface area (Å²) in [5, 5.41) is 1.95. The fourth-order valence-corrected chi connectivity index (χ4v) is 2.41. The van der Waals surface area contributed by atoms with Crippen LogP contribution in [0.1, 0.15) is 0 Å². The molecule has 1 aromatic carbocycles. The van der Waals surface area contributed by atoms with Gasteiger partial charge in [-0.2, -0.15) is 0 Å². The van der Waals surface area contributed by atoms with Crippen LogP contribution in [-0.4, -0.2) is 0 Å². The zero-order valence-electron chi connectivity index (χ0n) is 7.13. The van der Waals surface area contributed by atoms with Gasteiger partial charge in [0.15, 0.2) is 0 Å². The molecule has 1 heterocycles. The summed E-state index contributed by atoms with van der Waals surface area (Å²) in [6.45, 7) is 0. The number of anilines is 1. The third-order valence-electron chi connectivity index (χ3n) is 1.94. The molecule has 1 nitrogen and oxygen atoms in total. The van der Waals surface area contributed by atoms with Crippen molar-refractivity contribution in [1.29, 1.82) is 0 Å². The molecule has 0 aliphatic carbocycles. The van der Waals surface area contributed by atoms with Crippen LogP contribution < -0.4 is 5.73 Å². The molecule has 4 heteroatoms. The minimum absolute atomic E-state index is 0.235. The molecule has 0 aliphatic rings. The molecule has 0 amide bonds. The molecule has 0 unspecified atom stereocenters. The molecule has 72 valence electrons. The van der Waals surface area contributed by atoms with E-state index in [2.05, 4.69) is 15.9 Å². The topological polar surface area (TPSA) is 26.0 Å². The minimum Gasteiger partial charge on any atom is -0.397 e. The van der Waals surface area contributed by atoms with Crippen LogP contribution in [0.5, 0.6) is 0 Å². The van der Waals surface area contributed by atoms with Gasteiger partial charge in [0.05, 0.1) is 9.47 Å². The second-order valence-corrected chi connectivity index (χ2v) is 5.04. The first-order valence-electron chi connectivity index (χ1n) is 3.97. The molecular formula is C10H7BrFNS. The Balaban J connectivity index is 2.49. The normalized spacial score (nSPS) is 10.4. The molecule has 0 aliphatic heterocycles. The van der Waals surface area contributed by atoms with E-state index >= 15 is 0 Å². The molecule has 2 N–H and O–H groups in total. The monoisotopic (exact) mass is 271 g/mol. The SMILES string of the molecule is Nc1c(-c2ccc(F)cc2)csc1Br. The molecule has 0 saturated heterocycles. The lowest BCUT2D eigenvalue weighted by molar-refractivity contribution is 0.628. The number of rotatable bonds is 1. The van der Waals surface area contributed by atoms with Crippen LogP contribution in [-0.2, 0) is 0 Å². The van der Waals surface area contributed by atoms with Crippen molar-refractivity contribution in [2.24, 2.45) is 0 Å². The lowest BCUT2D eigenvalue weighted by atomic mass is 10.1. The largest absolute Gasteiger partial charge is 0.397 e. The molecule has 0 saturated carbocycles. The lowest BCUT2D eigenvalue weighted by Gasteiger charge is -1.99. The molecule has 2 aromatic rings. The summed E-state index contributed by atoms with van der Waals surface area (Å²) >= 11 is 4.88. The highest BCUT2D eigenvalue weighted by Crippen LogP contribution is 2.37. The third-order valence-corrected chi connectivity index (χ3v) is 3.71. The molecule has 0 atom stereocenters. The number of hydrogen-bond donors (Lipinski definition) is 1. The zero-order valence-corrected chi connectivity index (χ0v) is 9.53. The third kappa shape index (κ3) is 1.67. The van der Waals surface area contributed by atoms with E-state index in [-0.39, 0.29) is 5.82 Å². The van der Waals surface area contributed by atoms with Crippen LogP contribution in [0, 0.1) is 5.82 Å². The summed E-state index contributed by atoms with van der Waals surface area (Å²) in [6.07, 6.45) is 0. The van der Waals surface area contributed by atoms with E-state index in [1.165, 1.54) is 23.5 Å². The number of hydrogen-bond acceptors (Lipinski definition) is 2. The second kappa shape index (κ2) is 3.71. The smallest absolute Gasteiger partial charge is 0.123 e. The maximum absolute atomic E-state index is 12.7. The molecular weight excluding hydrogens is 265 g/mol. The molecule has 14 heavy (non-hydrogen) atoms. The van der Waals surface area contributed by atoms with E-state index in [1.807, 2.05) is 5.38 Å². The zero-order chi connectivity index (χ0) is 10.1. The van der Waals surface area contributed by atoms with Crippen molar-refractivity contribution in [3.8, 4) is 11.1 Å². The molecule has 0 spiro atoms. The Morgan fingerprint density at radius 3 is 2.36 bits per heavy atom. The molecule has 1 aromatic heterocycles. The van der Waals surface area contributed by atoms with Crippen molar-refractivity contribution in [3.05, 3.63) is 39.2 Å². The van der Waals surface area contributed by atoms with Crippen molar-refractivity contribution >= 4 is 33.0 Å². The average molecular weight is 272 g/mol. The van der Waals surface area contributed by atoms with Gasteiger partial charge in [0.2, 0.25) is 0 Å². The van der Waals surface area contributed by atoms with Crippen molar-refractivity contribution in [1.82, 2.24) is 0 Å². The van der Waals surface area contributed by atoms with Gasteiger partial charge in [-0.1, -0.05) is 12.1 Å². The minimum atomic E-state index is -0.235. The first-order chi connectivity index (χ1) is 6.68. The predicted octanol–water partition coefficient (Wildman–Crippen LogP) is 3.90. The molecule has 0 fully saturated rings. The Bertz CT molecular complexity index is 450. The maximum atomic E-state index is 12.7. The maximum Gasteiger partial charge on any atom is 0.123 e. The Kier molecular flexibility index (Phi) is 2.56. The van der Waals surface area contributed by atoms with Crippen LogP contribution in [0.25, 0.3) is 11.1 Å². The van der Waals surface area contributed by atoms with E-state index in [9.17, 15) is 4.39 Å². The summed E-state index contributed by atoms with van der Waals surface area (Å²) in [4.78, 5) is 0. The Hall–Kier alpha value is -0.870. The van der Waals surface area contributed by atoms with E-state index in [4.69, 9.17) is 5.73 Å². The van der Waals surface area contributed by atoms with Crippen LogP contribution >= 0.6 is 27.3 Å². The number of halogens is 2. The molecule has 0 radical (unpaired) electrons. The first-order valence-corrected chi connectivity index (χ1v) is 5.64. The predicted molar refractivity (Wildman–Crippen MR) is 61.8 cm³/mol. The summed E-state index contributed by atoms with van der Waals surface area (Å²) in [6, 6.07) is 6.31. The van der Waals surface area contributed by atoms with Gasteiger partial charge >= 0.3 is 0 Å². The van der Waals surface area contributed by atoms with Crippen LogP contribution in [0.3, 0.4) is 0 Å². The number of benzene rings is 1.